The molecule has 0 radical (unpaired) electrons. The number of likely N-dealkylation sites (tertiary alicyclic amines) is 1. The second kappa shape index (κ2) is 7.24. The molecule has 2 fully saturated rings. The predicted molar refractivity (Wildman–Crippen MR) is 97.8 cm³/mol. The van der Waals surface area contributed by atoms with Gasteiger partial charge in [-0.05, 0) is 39.2 Å². The van der Waals surface area contributed by atoms with Crippen molar-refractivity contribution >= 4 is 5.91 Å². The van der Waals surface area contributed by atoms with Crippen molar-refractivity contribution in [3.05, 3.63) is 35.9 Å². The van der Waals surface area contributed by atoms with Gasteiger partial charge in [0, 0.05) is 44.8 Å². The van der Waals surface area contributed by atoms with Gasteiger partial charge in [-0.15, -0.1) is 0 Å². The van der Waals surface area contributed by atoms with E-state index in [4.69, 9.17) is 0 Å². The summed E-state index contributed by atoms with van der Waals surface area (Å²) in [5.74, 6) is 0.319. The molecule has 4 heteroatoms. The van der Waals surface area contributed by atoms with Gasteiger partial charge in [0.2, 0.25) is 5.91 Å². The summed E-state index contributed by atoms with van der Waals surface area (Å²) < 4.78 is 0. The molecule has 24 heavy (non-hydrogen) atoms. The van der Waals surface area contributed by atoms with Crippen LogP contribution in [0.25, 0.3) is 0 Å². The van der Waals surface area contributed by atoms with Crippen LogP contribution in [0, 0.1) is 0 Å². The highest BCUT2D eigenvalue weighted by Gasteiger charge is 2.38. The van der Waals surface area contributed by atoms with Crippen LogP contribution < -0.4 is 0 Å². The number of nitrogens with zero attached hydrogens (tertiary/aromatic N) is 3. The Morgan fingerprint density at radius 1 is 1.08 bits per heavy atom. The molecule has 2 saturated heterocycles. The Bertz CT molecular complexity index is 551. The van der Waals surface area contributed by atoms with Gasteiger partial charge >= 0.3 is 0 Å². The summed E-state index contributed by atoms with van der Waals surface area (Å²) in [5, 5.41) is 0. The van der Waals surface area contributed by atoms with Crippen molar-refractivity contribution in [2.75, 3.05) is 32.7 Å². The van der Waals surface area contributed by atoms with Gasteiger partial charge in [-0.2, -0.15) is 0 Å². The Morgan fingerprint density at radius 2 is 1.75 bits per heavy atom. The van der Waals surface area contributed by atoms with Crippen molar-refractivity contribution in [2.24, 2.45) is 0 Å². The highest BCUT2D eigenvalue weighted by molar-refractivity contribution is 5.81. The summed E-state index contributed by atoms with van der Waals surface area (Å²) in [5.41, 5.74) is 1.44. The third-order valence-corrected chi connectivity index (χ3v) is 5.64. The number of rotatable bonds is 4. The molecule has 2 aliphatic heterocycles. The summed E-state index contributed by atoms with van der Waals surface area (Å²) in [6.45, 7) is 12.5. The topological polar surface area (TPSA) is 26.8 Å². The molecular formula is C20H31N3O. The highest BCUT2D eigenvalue weighted by Crippen LogP contribution is 2.25. The van der Waals surface area contributed by atoms with Crippen LogP contribution in [0.1, 0.15) is 39.2 Å². The van der Waals surface area contributed by atoms with Crippen LogP contribution in [0.15, 0.2) is 30.3 Å². The number of carbonyl (C=O) groups excluding carboxylic acids is 1. The fourth-order valence-electron chi connectivity index (χ4n) is 4.01. The van der Waals surface area contributed by atoms with E-state index in [1.807, 2.05) is 4.90 Å². The van der Waals surface area contributed by atoms with Crippen LogP contribution in [0.4, 0.5) is 0 Å². The second-order valence-corrected chi connectivity index (χ2v) is 7.90. The molecule has 1 amide bonds. The van der Waals surface area contributed by atoms with E-state index in [1.54, 1.807) is 0 Å². The molecule has 3 rings (SSSR count). The molecule has 4 nitrogen and oxygen atoms in total. The molecule has 0 aliphatic carbocycles. The van der Waals surface area contributed by atoms with Gasteiger partial charge in [0.25, 0.3) is 0 Å². The Labute approximate surface area is 146 Å². The number of carbonyl (C=O) groups is 1. The predicted octanol–water partition coefficient (Wildman–Crippen LogP) is 2.59. The van der Waals surface area contributed by atoms with E-state index < -0.39 is 0 Å². The zero-order valence-electron chi connectivity index (χ0n) is 15.4. The van der Waals surface area contributed by atoms with E-state index >= 15 is 0 Å². The van der Waals surface area contributed by atoms with Crippen molar-refractivity contribution in [3.63, 3.8) is 0 Å². The maximum absolute atomic E-state index is 12.7. The summed E-state index contributed by atoms with van der Waals surface area (Å²) in [7, 11) is 0. The van der Waals surface area contributed by atoms with E-state index in [1.165, 1.54) is 5.56 Å². The van der Waals surface area contributed by atoms with Gasteiger partial charge in [0.15, 0.2) is 0 Å². The van der Waals surface area contributed by atoms with Crippen LogP contribution >= 0.6 is 0 Å². The van der Waals surface area contributed by atoms with Crippen LogP contribution in [0.5, 0.6) is 0 Å². The Hall–Kier alpha value is -1.39. The lowest BCUT2D eigenvalue weighted by atomic mass is 9.96. The summed E-state index contributed by atoms with van der Waals surface area (Å²) in [4.78, 5) is 19.7. The molecule has 1 atom stereocenters. The molecule has 0 aromatic heterocycles. The molecule has 0 saturated carbocycles. The lowest BCUT2D eigenvalue weighted by molar-refractivity contribution is -0.137. The first-order chi connectivity index (χ1) is 11.5. The van der Waals surface area contributed by atoms with Crippen molar-refractivity contribution < 1.29 is 4.79 Å². The van der Waals surface area contributed by atoms with Crippen LogP contribution in [-0.2, 0) is 11.3 Å². The van der Waals surface area contributed by atoms with Gasteiger partial charge in [0.1, 0.15) is 0 Å². The maximum Gasteiger partial charge on any atom is 0.239 e. The van der Waals surface area contributed by atoms with Gasteiger partial charge in [-0.3, -0.25) is 14.6 Å². The molecule has 0 bridgehead atoms. The molecule has 1 aromatic rings. The zero-order chi connectivity index (χ0) is 17.2. The van der Waals surface area contributed by atoms with Gasteiger partial charge in [-0.1, -0.05) is 30.3 Å². The SMILES string of the molecule is CC(C(=O)N1CCCC1)N1CCN(Cc2ccccc2)C(C)(C)C1. The molecule has 132 valence electrons. The first-order valence-electron chi connectivity index (χ1n) is 9.29. The first-order valence-corrected chi connectivity index (χ1v) is 9.29. The van der Waals surface area contributed by atoms with E-state index in [9.17, 15) is 4.79 Å². The monoisotopic (exact) mass is 329 g/mol. The van der Waals surface area contributed by atoms with E-state index in [0.717, 1.165) is 52.1 Å². The lowest BCUT2D eigenvalue weighted by Crippen LogP contribution is -2.62. The zero-order valence-corrected chi connectivity index (χ0v) is 15.4. The first kappa shape index (κ1) is 17.4. The third kappa shape index (κ3) is 3.81. The van der Waals surface area contributed by atoms with Gasteiger partial charge in [0.05, 0.1) is 6.04 Å². The van der Waals surface area contributed by atoms with Crippen molar-refractivity contribution in [2.45, 2.75) is 51.7 Å². The summed E-state index contributed by atoms with van der Waals surface area (Å²) in [6.07, 6.45) is 2.32. The molecule has 2 heterocycles. The Kier molecular flexibility index (Phi) is 5.26. The molecule has 2 aliphatic rings. The van der Waals surface area contributed by atoms with Crippen molar-refractivity contribution in [3.8, 4) is 0 Å². The Balaban J connectivity index is 1.61. The quantitative estimate of drug-likeness (QED) is 0.849. The molecule has 1 unspecified atom stereocenters. The summed E-state index contributed by atoms with van der Waals surface area (Å²) in [6, 6.07) is 10.7. The molecule has 0 N–H and O–H groups in total. The highest BCUT2D eigenvalue weighted by atomic mass is 16.2. The maximum atomic E-state index is 12.7. The van der Waals surface area contributed by atoms with Crippen LogP contribution in [0.2, 0.25) is 0 Å². The molecular weight excluding hydrogens is 298 g/mol. The average molecular weight is 329 g/mol. The number of hydrogen-bond acceptors (Lipinski definition) is 3. The Morgan fingerprint density at radius 3 is 2.38 bits per heavy atom. The van der Waals surface area contributed by atoms with E-state index in [2.05, 4.69) is 60.9 Å². The number of amides is 1. The normalized spacial score (nSPS) is 23.4. The van der Waals surface area contributed by atoms with Gasteiger partial charge < -0.3 is 4.90 Å². The standard InChI is InChI=1S/C20H31N3O/c1-17(19(24)21-11-7-8-12-21)22-13-14-23(20(2,3)16-22)15-18-9-5-4-6-10-18/h4-6,9-10,17H,7-8,11-16H2,1-3H3. The smallest absolute Gasteiger partial charge is 0.239 e. The summed E-state index contributed by atoms with van der Waals surface area (Å²) >= 11 is 0. The van der Waals surface area contributed by atoms with Crippen molar-refractivity contribution in [1.82, 2.24) is 14.7 Å². The van der Waals surface area contributed by atoms with Crippen LogP contribution in [-0.4, -0.2) is 64.9 Å². The van der Waals surface area contributed by atoms with Crippen molar-refractivity contribution in [1.29, 1.82) is 0 Å². The average Bonchev–Trinajstić information content (AvgIpc) is 3.10. The number of piperazine rings is 1. The minimum Gasteiger partial charge on any atom is -0.341 e. The van der Waals surface area contributed by atoms with Crippen LogP contribution in [0.3, 0.4) is 0 Å². The lowest BCUT2D eigenvalue weighted by Gasteiger charge is -2.49. The molecule has 0 spiro atoms. The second-order valence-electron chi connectivity index (χ2n) is 7.90. The largest absolute Gasteiger partial charge is 0.341 e. The number of benzene rings is 1. The molecule has 1 aromatic carbocycles. The fraction of sp³-hybridized carbons (Fsp3) is 0.650. The minimum absolute atomic E-state index is 0.00116. The van der Waals surface area contributed by atoms with Gasteiger partial charge in [-0.25, -0.2) is 0 Å². The minimum atomic E-state index is 0.00116. The third-order valence-electron chi connectivity index (χ3n) is 5.64. The number of hydrogen-bond donors (Lipinski definition) is 0. The fourth-order valence-corrected chi connectivity index (χ4v) is 4.01. The van der Waals surface area contributed by atoms with E-state index in [-0.39, 0.29) is 11.6 Å². The van der Waals surface area contributed by atoms with E-state index in [0.29, 0.717) is 5.91 Å².